The number of hydrogen-bond acceptors (Lipinski definition) is 4. The molecule has 0 unspecified atom stereocenters. The first kappa shape index (κ1) is 25.5. The van der Waals surface area contributed by atoms with Gasteiger partial charge in [-0.3, -0.25) is 0 Å². The molecule has 34 heavy (non-hydrogen) atoms. The molecule has 0 amide bonds. The minimum Gasteiger partial charge on any atom is -0.508 e. The van der Waals surface area contributed by atoms with E-state index in [1.54, 1.807) is 0 Å². The van der Waals surface area contributed by atoms with Crippen LogP contribution in [0.1, 0.15) is 52.2 Å². The number of rotatable bonds is 9. The highest BCUT2D eigenvalue weighted by Gasteiger charge is 2.49. The zero-order chi connectivity index (χ0) is 24.4. The molecule has 3 aromatic rings. The first-order chi connectivity index (χ1) is 16.3. The van der Waals surface area contributed by atoms with E-state index in [1.165, 1.54) is 16.4 Å². The van der Waals surface area contributed by atoms with Crippen molar-refractivity contribution >= 4 is 18.7 Å². The molecule has 1 N–H and O–H groups in total. The van der Waals surface area contributed by atoms with Crippen LogP contribution >= 0.6 is 0 Å². The first-order valence-electron chi connectivity index (χ1n) is 11.9. The number of aromatic hydroxyl groups is 1. The predicted octanol–water partition coefficient (Wildman–Crippen LogP) is 5.03. The van der Waals surface area contributed by atoms with Crippen molar-refractivity contribution in [2.75, 3.05) is 6.61 Å². The Kier molecular flexibility index (Phi) is 8.92. The predicted molar refractivity (Wildman–Crippen MR) is 140 cm³/mol. The molecule has 0 aliphatic heterocycles. The van der Waals surface area contributed by atoms with E-state index in [0.717, 1.165) is 25.3 Å². The van der Waals surface area contributed by atoms with E-state index in [-0.39, 0.29) is 10.8 Å². The molecule has 5 heteroatoms. The second kappa shape index (κ2) is 11.9. The van der Waals surface area contributed by atoms with Gasteiger partial charge >= 0.3 is 5.63 Å². The highest BCUT2D eigenvalue weighted by Crippen LogP contribution is 2.36. The Hall–Kier alpha value is -3.07. The van der Waals surface area contributed by atoms with Gasteiger partial charge < -0.3 is 13.9 Å². The van der Waals surface area contributed by atoms with Crippen LogP contribution in [0.3, 0.4) is 0 Å². The molecule has 178 valence electrons. The number of unbranched alkanes of at least 4 members (excludes halogenated alkanes) is 2. The third-order valence-corrected chi connectivity index (χ3v) is 10.9. The molecule has 2 aromatic carbocycles. The minimum absolute atomic E-state index is 0.0377. The monoisotopic (exact) mass is 474 g/mol. The molecular weight excluding hydrogens is 440 g/mol. The molecule has 0 atom stereocenters. The molecule has 0 saturated carbocycles. The van der Waals surface area contributed by atoms with Crippen molar-refractivity contribution in [2.24, 2.45) is 0 Å². The fourth-order valence-electron chi connectivity index (χ4n) is 4.34. The van der Waals surface area contributed by atoms with Crippen molar-refractivity contribution in [3.63, 3.8) is 0 Å². The van der Waals surface area contributed by atoms with E-state index in [1.807, 2.05) is 0 Å². The largest absolute Gasteiger partial charge is 0.508 e. The second-order valence-corrected chi connectivity index (χ2v) is 13.7. The fraction of sp³-hybridized carbons (Fsp3) is 0.345. The van der Waals surface area contributed by atoms with Crippen molar-refractivity contribution in [3.05, 3.63) is 89.0 Å². The molecule has 0 spiro atoms. The van der Waals surface area contributed by atoms with Crippen molar-refractivity contribution in [2.45, 2.75) is 57.9 Å². The number of aryl methyl sites for hydroxylation is 1. The van der Waals surface area contributed by atoms with Crippen LogP contribution in [-0.2, 0) is 10.8 Å². The molecule has 0 radical (unpaired) electrons. The van der Waals surface area contributed by atoms with E-state index in [4.69, 9.17) is 8.84 Å². The molecule has 1 heterocycles. The molecule has 0 aliphatic rings. The maximum Gasteiger partial charge on any atom is 0.339 e. The Bertz CT molecular complexity index is 1110. The quantitative estimate of drug-likeness (QED) is 0.268. The fourth-order valence-corrected chi connectivity index (χ4v) is 8.91. The Morgan fingerprint density at radius 2 is 1.47 bits per heavy atom. The smallest absolute Gasteiger partial charge is 0.339 e. The van der Waals surface area contributed by atoms with Gasteiger partial charge in [-0.05, 0) is 28.3 Å². The van der Waals surface area contributed by atoms with Gasteiger partial charge in [-0.2, -0.15) is 0 Å². The van der Waals surface area contributed by atoms with Gasteiger partial charge in [0.2, 0.25) is 0 Å². The summed E-state index contributed by atoms with van der Waals surface area (Å²) in [6.07, 6.45) is 3.83. The first-order valence-corrected chi connectivity index (χ1v) is 13.8. The Morgan fingerprint density at radius 3 is 2.03 bits per heavy atom. The van der Waals surface area contributed by atoms with Crippen molar-refractivity contribution in [1.29, 1.82) is 0 Å². The lowest BCUT2D eigenvalue weighted by atomic mass is 10.1. The zero-order valence-corrected chi connectivity index (χ0v) is 21.3. The van der Waals surface area contributed by atoms with Gasteiger partial charge in [0, 0.05) is 31.9 Å². The topological polar surface area (TPSA) is 59.7 Å². The maximum absolute atomic E-state index is 11.3. The molecule has 3 rings (SSSR count). The highest BCUT2D eigenvalue weighted by atomic mass is 28.4. The summed E-state index contributed by atoms with van der Waals surface area (Å²) in [4.78, 5) is 11.3. The maximum atomic E-state index is 11.3. The summed E-state index contributed by atoms with van der Waals surface area (Å²) in [5.41, 5.74) is -0.518. The standard InChI is InChI=1S/C29H34O4Si/c1-29(2,3)34(26-17-11-8-12-18-26,27-19-13-9-14-20-27)32-21-15-7-5-4-6-10-16-25-22-24(30)23-28(31)33-25/h8-9,11-14,17-20,22-23,30H,4,6,10,15-16,21H2,1-3H3. The lowest BCUT2D eigenvalue weighted by molar-refractivity contribution is 0.306. The molecule has 0 aliphatic carbocycles. The molecule has 0 saturated heterocycles. The van der Waals surface area contributed by atoms with E-state index in [2.05, 4.69) is 93.3 Å². The van der Waals surface area contributed by atoms with Gasteiger partial charge in [-0.25, -0.2) is 4.79 Å². The third-order valence-electron chi connectivity index (χ3n) is 5.87. The summed E-state index contributed by atoms with van der Waals surface area (Å²) in [5, 5.41) is 12.0. The van der Waals surface area contributed by atoms with Crippen molar-refractivity contribution in [1.82, 2.24) is 0 Å². The van der Waals surface area contributed by atoms with Gasteiger partial charge in [0.15, 0.2) is 0 Å². The molecule has 0 bridgehead atoms. The Balaban J connectivity index is 1.58. The molecule has 4 nitrogen and oxygen atoms in total. The number of hydrogen-bond donors (Lipinski definition) is 1. The highest BCUT2D eigenvalue weighted by molar-refractivity contribution is 6.99. The third kappa shape index (κ3) is 6.50. The summed E-state index contributed by atoms with van der Waals surface area (Å²) in [6, 6.07) is 23.8. The summed E-state index contributed by atoms with van der Waals surface area (Å²) >= 11 is 0. The van der Waals surface area contributed by atoms with Crippen LogP contribution in [0.15, 0.2) is 82.0 Å². The SMILES string of the molecule is CC(C)(C)[Si](OCCC#CCCCCc1cc(O)cc(=O)o1)(c1ccccc1)c1ccccc1. The van der Waals surface area contributed by atoms with Gasteiger partial charge in [-0.15, -0.1) is 11.8 Å². The van der Waals surface area contributed by atoms with Crippen LogP contribution in [0.25, 0.3) is 0 Å². The average Bonchev–Trinajstić information content (AvgIpc) is 2.80. The van der Waals surface area contributed by atoms with E-state index in [9.17, 15) is 9.90 Å². The van der Waals surface area contributed by atoms with Crippen molar-refractivity contribution < 1.29 is 13.9 Å². The van der Waals surface area contributed by atoms with Crippen LogP contribution in [0, 0.1) is 11.8 Å². The van der Waals surface area contributed by atoms with E-state index < -0.39 is 13.9 Å². The molecular formula is C29H34O4Si. The van der Waals surface area contributed by atoms with Crippen LogP contribution in [0.2, 0.25) is 5.04 Å². The van der Waals surface area contributed by atoms with Crippen LogP contribution in [0.4, 0.5) is 0 Å². The molecule has 1 aromatic heterocycles. The molecule has 0 fully saturated rings. The van der Waals surface area contributed by atoms with Gasteiger partial charge in [0.1, 0.15) is 11.5 Å². The van der Waals surface area contributed by atoms with Gasteiger partial charge in [0.25, 0.3) is 8.32 Å². The van der Waals surface area contributed by atoms with E-state index in [0.29, 0.717) is 25.2 Å². The second-order valence-electron chi connectivity index (χ2n) is 9.42. The van der Waals surface area contributed by atoms with E-state index >= 15 is 0 Å². The summed E-state index contributed by atoms with van der Waals surface area (Å²) in [6.45, 7) is 7.42. The van der Waals surface area contributed by atoms with Crippen LogP contribution in [0.5, 0.6) is 5.75 Å². The lowest BCUT2D eigenvalue weighted by Gasteiger charge is -2.43. The minimum atomic E-state index is -2.50. The summed E-state index contributed by atoms with van der Waals surface area (Å²) in [5.74, 6) is 6.97. The van der Waals surface area contributed by atoms with Crippen molar-refractivity contribution in [3.8, 4) is 17.6 Å². The number of benzene rings is 2. The lowest BCUT2D eigenvalue weighted by Crippen LogP contribution is -2.66. The van der Waals surface area contributed by atoms with Gasteiger partial charge in [-0.1, -0.05) is 81.4 Å². The van der Waals surface area contributed by atoms with Crippen LogP contribution in [-0.4, -0.2) is 20.0 Å². The summed E-state index contributed by atoms with van der Waals surface area (Å²) in [7, 11) is -2.50. The summed E-state index contributed by atoms with van der Waals surface area (Å²) < 4.78 is 11.9. The average molecular weight is 475 g/mol. The van der Waals surface area contributed by atoms with Crippen LogP contribution < -0.4 is 16.0 Å². The normalized spacial score (nSPS) is 11.6. The Morgan fingerprint density at radius 1 is 0.882 bits per heavy atom. The van der Waals surface area contributed by atoms with Gasteiger partial charge in [0.05, 0.1) is 6.07 Å². The Labute approximate surface area is 203 Å². The zero-order valence-electron chi connectivity index (χ0n) is 20.3.